The number of rotatable bonds is 3. The maximum absolute atomic E-state index is 14.1. The summed E-state index contributed by atoms with van der Waals surface area (Å²) in [7, 11) is -3.53. The molecule has 1 atom stereocenters. The van der Waals surface area contributed by atoms with E-state index in [4.69, 9.17) is 0 Å². The van der Waals surface area contributed by atoms with Crippen molar-refractivity contribution in [1.82, 2.24) is 4.90 Å². The fourth-order valence-corrected chi connectivity index (χ4v) is 4.89. The van der Waals surface area contributed by atoms with Gasteiger partial charge in [-0.1, -0.05) is 48.5 Å². The first-order valence-corrected chi connectivity index (χ1v) is 10.2. The van der Waals surface area contributed by atoms with E-state index in [0.29, 0.717) is 0 Å². The first-order valence-electron chi connectivity index (χ1n) is 8.45. The quantitative estimate of drug-likeness (QED) is 0.776. The van der Waals surface area contributed by atoms with Gasteiger partial charge in [-0.25, -0.2) is 12.8 Å². The van der Waals surface area contributed by atoms with Crippen molar-refractivity contribution < 1.29 is 17.6 Å². The van der Waals surface area contributed by atoms with Crippen molar-refractivity contribution >= 4 is 21.8 Å². The van der Waals surface area contributed by atoms with Gasteiger partial charge in [0.15, 0.2) is 9.84 Å². The number of amides is 1. The molecule has 0 saturated carbocycles. The Balaban J connectivity index is 1.75. The van der Waals surface area contributed by atoms with Gasteiger partial charge in [-0.15, -0.1) is 0 Å². The third kappa shape index (κ3) is 4.19. The Bertz CT molecular complexity index is 910. The minimum Gasteiger partial charge on any atom is -0.338 e. The number of sulfone groups is 1. The van der Waals surface area contributed by atoms with Crippen molar-refractivity contribution in [3.05, 3.63) is 77.6 Å². The molecule has 2 aromatic carbocycles. The SMILES string of the molecule is O=C(/C=C/c1ccccc1)N1CCC(c2ccccc2F)S(=O)(=O)CC1. The second-order valence-electron chi connectivity index (χ2n) is 6.24. The number of halogens is 1. The topological polar surface area (TPSA) is 54.5 Å². The van der Waals surface area contributed by atoms with Crippen LogP contribution in [0, 0.1) is 5.82 Å². The summed E-state index contributed by atoms with van der Waals surface area (Å²) in [6.07, 6.45) is 3.34. The highest BCUT2D eigenvalue weighted by Gasteiger charge is 2.33. The first-order chi connectivity index (χ1) is 12.5. The van der Waals surface area contributed by atoms with Gasteiger partial charge >= 0.3 is 0 Å². The number of nitrogens with zero attached hydrogens (tertiary/aromatic N) is 1. The summed E-state index contributed by atoms with van der Waals surface area (Å²) in [6, 6.07) is 15.3. The van der Waals surface area contributed by atoms with Gasteiger partial charge in [0.25, 0.3) is 0 Å². The number of benzene rings is 2. The van der Waals surface area contributed by atoms with Gasteiger partial charge in [0.1, 0.15) is 5.82 Å². The summed E-state index contributed by atoms with van der Waals surface area (Å²) in [4.78, 5) is 13.9. The zero-order chi connectivity index (χ0) is 18.6. The molecule has 26 heavy (non-hydrogen) atoms. The molecule has 0 spiro atoms. The molecular weight excluding hydrogens is 353 g/mol. The van der Waals surface area contributed by atoms with Crippen LogP contribution in [0.4, 0.5) is 4.39 Å². The van der Waals surface area contributed by atoms with Crippen LogP contribution in [0.1, 0.15) is 22.8 Å². The van der Waals surface area contributed by atoms with Gasteiger partial charge in [0.05, 0.1) is 11.0 Å². The number of carbonyl (C=O) groups is 1. The van der Waals surface area contributed by atoms with Crippen LogP contribution < -0.4 is 0 Å². The minimum absolute atomic E-state index is 0.116. The van der Waals surface area contributed by atoms with Crippen LogP contribution in [-0.2, 0) is 14.6 Å². The summed E-state index contributed by atoms with van der Waals surface area (Å²) in [5.41, 5.74) is 1.08. The Hall–Kier alpha value is -2.47. The van der Waals surface area contributed by atoms with Gasteiger partial charge in [0, 0.05) is 24.7 Å². The number of carbonyl (C=O) groups excluding carboxylic acids is 1. The largest absolute Gasteiger partial charge is 0.338 e. The lowest BCUT2D eigenvalue weighted by Crippen LogP contribution is -2.32. The van der Waals surface area contributed by atoms with E-state index in [1.165, 1.54) is 29.2 Å². The highest BCUT2D eigenvalue weighted by molar-refractivity contribution is 7.91. The molecule has 1 aliphatic rings. The van der Waals surface area contributed by atoms with Gasteiger partial charge < -0.3 is 4.90 Å². The second kappa shape index (κ2) is 7.83. The average molecular weight is 373 g/mol. The van der Waals surface area contributed by atoms with Gasteiger partial charge in [-0.3, -0.25) is 4.79 Å². The smallest absolute Gasteiger partial charge is 0.246 e. The molecule has 3 rings (SSSR count). The normalized spacial score (nSPS) is 20.0. The molecule has 1 unspecified atom stereocenters. The van der Waals surface area contributed by atoms with Gasteiger partial charge in [-0.2, -0.15) is 0 Å². The van der Waals surface area contributed by atoms with Crippen molar-refractivity contribution in [2.75, 3.05) is 18.8 Å². The van der Waals surface area contributed by atoms with Crippen molar-refractivity contribution in [1.29, 1.82) is 0 Å². The predicted octanol–water partition coefficient (Wildman–Crippen LogP) is 3.23. The second-order valence-corrected chi connectivity index (χ2v) is 8.54. The highest BCUT2D eigenvalue weighted by atomic mass is 32.2. The van der Waals surface area contributed by atoms with Crippen LogP contribution in [0.5, 0.6) is 0 Å². The average Bonchev–Trinajstić information content (AvgIpc) is 2.79. The molecular formula is C20H20FNO3S. The first kappa shape index (κ1) is 18.3. The molecule has 1 fully saturated rings. The van der Waals surface area contributed by atoms with Crippen LogP contribution >= 0.6 is 0 Å². The highest BCUT2D eigenvalue weighted by Crippen LogP contribution is 2.31. The molecule has 1 heterocycles. The number of hydrogen-bond acceptors (Lipinski definition) is 3. The Morgan fingerprint density at radius 2 is 1.73 bits per heavy atom. The summed E-state index contributed by atoms with van der Waals surface area (Å²) in [5, 5.41) is -0.917. The van der Waals surface area contributed by atoms with Crippen LogP contribution in [-0.4, -0.2) is 38.1 Å². The zero-order valence-electron chi connectivity index (χ0n) is 14.2. The maximum atomic E-state index is 14.1. The van der Waals surface area contributed by atoms with E-state index in [0.717, 1.165) is 5.56 Å². The fraction of sp³-hybridized carbons (Fsp3) is 0.250. The predicted molar refractivity (Wildman–Crippen MR) is 99.6 cm³/mol. The van der Waals surface area contributed by atoms with E-state index in [1.54, 1.807) is 12.1 Å². The zero-order valence-corrected chi connectivity index (χ0v) is 15.0. The van der Waals surface area contributed by atoms with Crippen LogP contribution in [0.15, 0.2) is 60.7 Å². The molecule has 136 valence electrons. The lowest BCUT2D eigenvalue weighted by Gasteiger charge is -2.18. The van der Waals surface area contributed by atoms with Crippen LogP contribution in [0.3, 0.4) is 0 Å². The minimum atomic E-state index is -3.53. The monoisotopic (exact) mass is 373 g/mol. The molecule has 1 aliphatic heterocycles. The van der Waals surface area contributed by atoms with Crippen LogP contribution in [0.2, 0.25) is 0 Å². The van der Waals surface area contributed by atoms with E-state index >= 15 is 0 Å². The third-order valence-electron chi connectivity index (χ3n) is 4.52. The molecule has 1 saturated heterocycles. The summed E-state index contributed by atoms with van der Waals surface area (Å²) >= 11 is 0. The van der Waals surface area contributed by atoms with Crippen molar-refractivity contribution in [3.8, 4) is 0 Å². The number of hydrogen-bond donors (Lipinski definition) is 0. The molecule has 0 radical (unpaired) electrons. The van der Waals surface area contributed by atoms with Crippen molar-refractivity contribution in [2.24, 2.45) is 0 Å². The summed E-state index contributed by atoms with van der Waals surface area (Å²) in [5.74, 6) is -0.931. The molecule has 1 amide bonds. The van der Waals surface area contributed by atoms with E-state index in [-0.39, 0.29) is 36.7 Å². The van der Waals surface area contributed by atoms with Crippen LogP contribution in [0.25, 0.3) is 6.08 Å². The Morgan fingerprint density at radius 1 is 1.04 bits per heavy atom. The molecule has 4 nitrogen and oxygen atoms in total. The molecule has 0 aliphatic carbocycles. The van der Waals surface area contributed by atoms with E-state index in [2.05, 4.69) is 0 Å². The summed E-state index contributed by atoms with van der Waals surface area (Å²) in [6.45, 7) is 0.390. The lowest BCUT2D eigenvalue weighted by atomic mass is 10.1. The molecule has 0 bridgehead atoms. The fourth-order valence-electron chi connectivity index (χ4n) is 3.09. The van der Waals surface area contributed by atoms with Gasteiger partial charge in [-0.05, 0) is 24.1 Å². The molecule has 0 N–H and O–H groups in total. The lowest BCUT2D eigenvalue weighted by molar-refractivity contribution is -0.125. The molecule has 6 heteroatoms. The van der Waals surface area contributed by atoms with Crippen molar-refractivity contribution in [2.45, 2.75) is 11.7 Å². The Kier molecular flexibility index (Phi) is 5.52. The van der Waals surface area contributed by atoms with E-state index in [9.17, 15) is 17.6 Å². The van der Waals surface area contributed by atoms with Crippen molar-refractivity contribution in [3.63, 3.8) is 0 Å². The standard InChI is InChI=1S/C20H20FNO3S/c21-18-9-5-4-8-17(18)19-12-13-22(14-15-26(19,24)25)20(23)11-10-16-6-2-1-3-7-16/h1-11,19H,12-15H2/b11-10+. The Labute approximate surface area is 152 Å². The Morgan fingerprint density at radius 3 is 2.46 bits per heavy atom. The maximum Gasteiger partial charge on any atom is 0.246 e. The summed E-state index contributed by atoms with van der Waals surface area (Å²) < 4.78 is 39.2. The van der Waals surface area contributed by atoms with Gasteiger partial charge in [0.2, 0.25) is 5.91 Å². The molecule has 0 aromatic heterocycles. The van der Waals surface area contributed by atoms with E-state index < -0.39 is 20.9 Å². The third-order valence-corrected chi connectivity index (χ3v) is 6.63. The molecule has 2 aromatic rings. The van der Waals surface area contributed by atoms with E-state index in [1.807, 2.05) is 30.3 Å².